The van der Waals surface area contributed by atoms with Crippen molar-refractivity contribution in [3.8, 4) is 34.1 Å². The van der Waals surface area contributed by atoms with Gasteiger partial charge in [0.25, 0.3) is 0 Å². The van der Waals surface area contributed by atoms with Gasteiger partial charge in [-0.05, 0) is 61.4 Å². The number of halogens is 1. The number of rotatable bonds is 6. The van der Waals surface area contributed by atoms with Gasteiger partial charge < -0.3 is 14.8 Å². The Morgan fingerprint density at radius 2 is 1.76 bits per heavy atom. The Hall–Kier alpha value is -4.07. The van der Waals surface area contributed by atoms with Crippen LogP contribution in [0.2, 0.25) is 0 Å². The lowest BCUT2D eigenvalue weighted by Crippen LogP contribution is -2.42. The predicted octanol–water partition coefficient (Wildman–Crippen LogP) is 4.70. The van der Waals surface area contributed by atoms with Crippen molar-refractivity contribution < 1.29 is 22.3 Å². The van der Waals surface area contributed by atoms with Crippen molar-refractivity contribution in [2.45, 2.75) is 23.8 Å². The van der Waals surface area contributed by atoms with Crippen LogP contribution in [0.15, 0.2) is 71.2 Å². The molecule has 0 spiro atoms. The van der Waals surface area contributed by atoms with E-state index in [1.165, 1.54) is 27.8 Å². The Kier molecular flexibility index (Phi) is 6.56. The molecule has 0 radical (unpaired) electrons. The van der Waals surface area contributed by atoms with Crippen molar-refractivity contribution in [3.63, 3.8) is 0 Å². The molecule has 2 aliphatic heterocycles. The van der Waals surface area contributed by atoms with Crippen LogP contribution in [0.4, 0.5) is 10.3 Å². The number of hydrogen-bond donors (Lipinski definition) is 1. The molecule has 2 aromatic carbocycles. The van der Waals surface area contributed by atoms with Gasteiger partial charge in [0, 0.05) is 42.5 Å². The molecule has 0 bridgehead atoms. The third-order valence-corrected chi connectivity index (χ3v) is 9.88. The van der Waals surface area contributed by atoms with Gasteiger partial charge in [-0.15, -0.1) is 11.3 Å². The number of imidazole rings is 1. The molecule has 0 amide bonds. The average molecular weight is 593 g/mol. The van der Waals surface area contributed by atoms with E-state index in [-0.39, 0.29) is 10.9 Å². The molecule has 1 fully saturated rings. The molecule has 5 heterocycles. The number of thiazole rings is 1. The normalized spacial score (nSPS) is 16.2. The minimum absolute atomic E-state index is 0.00575. The average Bonchev–Trinajstić information content (AvgIpc) is 3.59. The zero-order valence-corrected chi connectivity index (χ0v) is 23.4. The topological polar surface area (TPSA) is 111 Å². The third kappa shape index (κ3) is 4.89. The molecule has 0 aliphatic carbocycles. The summed E-state index contributed by atoms with van der Waals surface area (Å²) >= 11 is 1.54. The van der Waals surface area contributed by atoms with Gasteiger partial charge in [0.1, 0.15) is 24.7 Å². The van der Waals surface area contributed by atoms with Gasteiger partial charge in [0.2, 0.25) is 16.0 Å². The van der Waals surface area contributed by atoms with Gasteiger partial charge in [0.05, 0.1) is 16.3 Å². The predicted molar refractivity (Wildman–Crippen MR) is 152 cm³/mol. The molecule has 0 atom stereocenters. The SMILES string of the molecule is O=S(=O)(c1ccc(F)cc1)N1CCC(Nc2nccc(-c3c(-c4ccc5c(c4)OCCO5)nc4sccn34)n2)CC1. The number of nitrogens with one attached hydrogen (secondary N) is 1. The maximum atomic E-state index is 13.3. The van der Waals surface area contributed by atoms with E-state index in [1.54, 1.807) is 6.20 Å². The first-order valence-corrected chi connectivity index (χ1v) is 15.5. The van der Waals surface area contributed by atoms with Crippen LogP contribution in [0.5, 0.6) is 11.5 Å². The number of piperidine rings is 1. The summed E-state index contributed by atoms with van der Waals surface area (Å²) in [5.74, 6) is 1.39. The molecule has 41 heavy (non-hydrogen) atoms. The van der Waals surface area contributed by atoms with E-state index in [4.69, 9.17) is 19.4 Å². The molecule has 13 heteroatoms. The van der Waals surface area contributed by atoms with Crippen LogP contribution in [0.25, 0.3) is 27.6 Å². The maximum Gasteiger partial charge on any atom is 0.243 e. The van der Waals surface area contributed by atoms with E-state index in [9.17, 15) is 12.8 Å². The number of sulfonamides is 1. The summed E-state index contributed by atoms with van der Waals surface area (Å²) in [7, 11) is -3.68. The van der Waals surface area contributed by atoms with E-state index < -0.39 is 15.8 Å². The number of nitrogens with zero attached hydrogens (tertiary/aromatic N) is 5. The van der Waals surface area contributed by atoms with Crippen molar-refractivity contribution in [2.24, 2.45) is 0 Å². The molecule has 10 nitrogen and oxygen atoms in total. The molecule has 5 aromatic rings. The zero-order chi connectivity index (χ0) is 28.0. The fraction of sp³-hybridized carbons (Fsp3) is 0.250. The minimum atomic E-state index is -3.68. The van der Waals surface area contributed by atoms with Crippen LogP contribution in [-0.4, -0.2) is 64.4 Å². The van der Waals surface area contributed by atoms with Crippen molar-refractivity contribution in [1.82, 2.24) is 23.7 Å². The smallest absolute Gasteiger partial charge is 0.243 e. The summed E-state index contributed by atoms with van der Waals surface area (Å²) in [6.07, 6.45) is 4.84. The Labute approximate surface area is 239 Å². The minimum Gasteiger partial charge on any atom is -0.486 e. The highest BCUT2D eigenvalue weighted by molar-refractivity contribution is 7.89. The summed E-state index contributed by atoms with van der Waals surface area (Å²) in [4.78, 5) is 15.1. The Morgan fingerprint density at radius 3 is 2.56 bits per heavy atom. The first-order chi connectivity index (χ1) is 20.0. The number of fused-ring (bicyclic) bond motifs is 2. The molecule has 0 unspecified atom stereocenters. The monoisotopic (exact) mass is 592 g/mol. The van der Waals surface area contributed by atoms with Crippen LogP contribution < -0.4 is 14.8 Å². The fourth-order valence-electron chi connectivity index (χ4n) is 5.16. The molecule has 1 saturated heterocycles. The van der Waals surface area contributed by atoms with Crippen LogP contribution in [-0.2, 0) is 10.0 Å². The van der Waals surface area contributed by atoms with E-state index in [2.05, 4.69) is 10.3 Å². The van der Waals surface area contributed by atoms with Crippen molar-refractivity contribution in [3.05, 3.63) is 72.1 Å². The lowest BCUT2D eigenvalue weighted by Gasteiger charge is -2.31. The van der Waals surface area contributed by atoms with E-state index in [0.29, 0.717) is 62.3 Å². The Morgan fingerprint density at radius 1 is 0.976 bits per heavy atom. The molecule has 210 valence electrons. The molecule has 0 saturated carbocycles. The second-order valence-electron chi connectivity index (χ2n) is 9.77. The highest BCUT2D eigenvalue weighted by atomic mass is 32.2. The number of hydrogen-bond acceptors (Lipinski definition) is 9. The first kappa shape index (κ1) is 25.9. The standard InChI is InChI=1S/C28H25FN6O4S2/c29-19-2-4-21(5-3-19)41(36,37)34-11-8-20(9-12-34)31-27-30-10-7-22(32-27)26-25(33-28-35(26)13-16-40-28)18-1-6-23-24(17-18)39-15-14-38-23/h1-7,10,13,16-17,20H,8-9,11-12,14-15H2,(H,30,31,32). The van der Waals surface area contributed by atoms with Crippen LogP contribution >= 0.6 is 11.3 Å². The summed E-state index contributed by atoms with van der Waals surface area (Å²) in [6.45, 7) is 1.70. The molecule has 1 N–H and O–H groups in total. The van der Waals surface area contributed by atoms with Gasteiger partial charge in [-0.25, -0.2) is 27.8 Å². The number of benzene rings is 2. The van der Waals surface area contributed by atoms with Gasteiger partial charge in [-0.2, -0.15) is 4.31 Å². The zero-order valence-electron chi connectivity index (χ0n) is 21.7. The van der Waals surface area contributed by atoms with Gasteiger partial charge in [0.15, 0.2) is 16.5 Å². The largest absolute Gasteiger partial charge is 0.486 e. The van der Waals surface area contributed by atoms with E-state index in [1.807, 2.05) is 40.2 Å². The van der Waals surface area contributed by atoms with Crippen LogP contribution in [0.3, 0.4) is 0 Å². The second-order valence-corrected chi connectivity index (χ2v) is 12.6. The third-order valence-electron chi connectivity index (χ3n) is 7.21. The molecular formula is C28H25FN6O4S2. The Balaban J connectivity index is 1.12. The van der Waals surface area contributed by atoms with Gasteiger partial charge in [-0.3, -0.25) is 4.40 Å². The van der Waals surface area contributed by atoms with Gasteiger partial charge >= 0.3 is 0 Å². The number of anilines is 1. The van der Waals surface area contributed by atoms with Crippen molar-refractivity contribution in [1.29, 1.82) is 0 Å². The molecule has 2 aliphatic rings. The van der Waals surface area contributed by atoms with Crippen molar-refractivity contribution in [2.75, 3.05) is 31.6 Å². The number of aromatic nitrogens is 4. The summed E-state index contributed by atoms with van der Waals surface area (Å²) in [5.41, 5.74) is 3.21. The Bertz CT molecular complexity index is 1830. The molecular weight excluding hydrogens is 567 g/mol. The quantitative estimate of drug-likeness (QED) is 0.302. The summed E-state index contributed by atoms with van der Waals surface area (Å²) in [5, 5.41) is 5.37. The summed E-state index contributed by atoms with van der Waals surface area (Å²) in [6, 6.07) is 12.6. The fourth-order valence-corrected chi connectivity index (χ4v) is 7.34. The van der Waals surface area contributed by atoms with Crippen molar-refractivity contribution >= 4 is 32.3 Å². The summed E-state index contributed by atoms with van der Waals surface area (Å²) < 4.78 is 54.2. The second kappa shape index (κ2) is 10.4. The van der Waals surface area contributed by atoms with Crippen LogP contribution in [0, 0.1) is 5.82 Å². The lowest BCUT2D eigenvalue weighted by molar-refractivity contribution is 0.171. The first-order valence-electron chi connectivity index (χ1n) is 13.2. The lowest BCUT2D eigenvalue weighted by atomic mass is 10.1. The van der Waals surface area contributed by atoms with E-state index in [0.717, 1.165) is 34.0 Å². The highest BCUT2D eigenvalue weighted by Gasteiger charge is 2.30. The molecule has 7 rings (SSSR count). The van der Waals surface area contributed by atoms with Crippen LogP contribution in [0.1, 0.15) is 12.8 Å². The van der Waals surface area contributed by atoms with E-state index >= 15 is 0 Å². The maximum absolute atomic E-state index is 13.3. The highest BCUT2D eigenvalue weighted by Crippen LogP contribution is 2.39. The van der Waals surface area contributed by atoms with Gasteiger partial charge in [-0.1, -0.05) is 0 Å². The number of ether oxygens (including phenoxy) is 2. The molecule has 3 aromatic heterocycles.